The van der Waals surface area contributed by atoms with Crippen LogP contribution >= 0.6 is 0 Å². The van der Waals surface area contributed by atoms with Crippen LogP contribution in [-0.4, -0.2) is 7.11 Å². The van der Waals surface area contributed by atoms with E-state index >= 15 is 0 Å². The molecule has 0 spiro atoms. The van der Waals surface area contributed by atoms with Crippen molar-refractivity contribution in [3.63, 3.8) is 0 Å². The van der Waals surface area contributed by atoms with Crippen molar-refractivity contribution in [2.24, 2.45) is 5.92 Å². The zero-order valence-electron chi connectivity index (χ0n) is 10.3. The Morgan fingerprint density at radius 2 is 2.00 bits per heavy atom. The van der Waals surface area contributed by atoms with Gasteiger partial charge in [-0.05, 0) is 73.6 Å². The molecule has 2 aliphatic rings. The summed E-state index contributed by atoms with van der Waals surface area (Å²) in [4.78, 5) is 0. The van der Waals surface area contributed by atoms with Crippen molar-refractivity contribution in [2.75, 3.05) is 7.11 Å². The molecule has 0 saturated heterocycles. The molecule has 0 heterocycles. The zero-order valence-corrected chi connectivity index (χ0v) is 10.3. The molecule has 1 nitrogen and oxygen atoms in total. The Balaban J connectivity index is 2.03. The maximum atomic E-state index is 5.42. The summed E-state index contributed by atoms with van der Waals surface area (Å²) in [5.74, 6) is 2.91. The van der Waals surface area contributed by atoms with Crippen molar-refractivity contribution < 1.29 is 4.74 Å². The van der Waals surface area contributed by atoms with Gasteiger partial charge in [-0.15, -0.1) is 0 Å². The van der Waals surface area contributed by atoms with Crippen molar-refractivity contribution >= 4 is 0 Å². The fraction of sp³-hybridized carbons (Fsp3) is 0.600. The smallest absolute Gasteiger partial charge is 0.122 e. The molecule has 0 bridgehead atoms. The molecule has 1 atom stereocenters. The highest BCUT2D eigenvalue weighted by molar-refractivity contribution is 5.45. The van der Waals surface area contributed by atoms with Gasteiger partial charge >= 0.3 is 0 Å². The highest BCUT2D eigenvalue weighted by Crippen LogP contribution is 2.49. The molecule has 1 aromatic rings. The normalized spacial score (nSPS) is 24.0. The van der Waals surface area contributed by atoms with E-state index in [1.54, 1.807) is 18.2 Å². The van der Waals surface area contributed by atoms with Crippen molar-refractivity contribution in [1.29, 1.82) is 0 Å². The summed E-state index contributed by atoms with van der Waals surface area (Å²) >= 11 is 0. The molecule has 86 valence electrons. The van der Waals surface area contributed by atoms with Crippen molar-refractivity contribution in [3.05, 3.63) is 28.8 Å². The average molecular weight is 216 g/mol. The second-order valence-corrected chi connectivity index (χ2v) is 5.36. The van der Waals surface area contributed by atoms with Gasteiger partial charge in [0.05, 0.1) is 7.11 Å². The van der Waals surface area contributed by atoms with E-state index in [-0.39, 0.29) is 0 Å². The predicted molar refractivity (Wildman–Crippen MR) is 66.1 cm³/mol. The molecule has 1 saturated carbocycles. The van der Waals surface area contributed by atoms with Gasteiger partial charge in [-0.2, -0.15) is 0 Å². The minimum atomic E-state index is 0.855. The molecule has 0 N–H and O–H groups in total. The first-order valence-electron chi connectivity index (χ1n) is 6.47. The number of fused-ring (bicyclic) bond motifs is 1. The van der Waals surface area contributed by atoms with Crippen LogP contribution in [-0.2, 0) is 6.42 Å². The first-order valence-corrected chi connectivity index (χ1v) is 6.47. The van der Waals surface area contributed by atoms with Crippen LogP contribution in [0.3, 0.4) is 0 Å². The van der Waals surface area contributed by atoms with Crippen molar-refractivity contribution in [2.45, 2.75) is 44.9 Å². The lowest BCUT2D eigenvalue weighted by Gasteiger charge is -2.26. The molecule has 0 amide bonds. The van der Waals surface area contributed by atoms with Gasteiger partial charge in [-0.25, -0.2) is 0 Å². The van der Waals surface area contributed by atoms with Crippen LogP contribution in [0.2, 0.25) is 0 Å². The monoisotopic (exact) mass is 216 g/mol. The highest BCUT2D eigenvalue weighted by Gasteiger charge is 2.35. The van der Waals surface area contributed by atoms with Crippen LogP contribution in [0.15, 0.2) is 12.1 Å². The van der Waals surface area contributed by atoms with Crippen LogP contribution in [0.25, 0.3) is 0 Å². The SMILES string of the molecule is COc1cc2c(cc1C)[C@@H](C1CC1)CCC2. The number of hydrogen-bond donors (Lipinski definition) is 0. The van der Waals surface area contributed by atoms with Crippen LogP contribution in [0, 0.1) is 12.8 Å². The third-order valence-corrected chi connectivity index (χ3v) is 4.21. The molecule has 0 radical (unpaired) electrons. The first kappa shape index (κ1) is 10.2. The summed E-state index contributed by atoms with van der Waals surface area (Å²) in [5.41, 5.74) is 4.48. The van der Waals surface area contributed by atoms with Gasteiger partial charge in [-0.3, -0.25) is 0 Å². The molecule has 1 fully saturated rings. The van der Waals surface area contributed by atoms with Crippen LogP contribution in [0.4, 0.5) is 0 Å². The summed E-state index contributed by atoms with van der Waals surface area (Å²) in [6.07, 6.45) is 6.92. The van der Waals surface area contributed by atoms with Gasteiger partial charge in [0.1, 0.15) is 5.75 Å². The van der Waals surface area contributed by atoms with Gasteiger partial charge in [0.25, 0.3) is 0 Å². The van der Waals surface area contributed by atoms with E-state index in [4.69, 9.17) is 4.74 Å². The zero-order chi connectivity index (χ0) is 11.1. The molecule has 16 heavy (non-hydrogen) atoms. The topological polar surface area (TPSA) is 9.23 Å². The Kier molecular flexibility index (Phi) is 2.42. The van der Waals surface area contributed by atoms with E-state index in [0.29, 0.717) is 0 Å². The Morgan fingerprint density at radius 1 is 1.19 bits per heavy atom. The van der Waals surface area contributed by atoms with Crippen LogP contribution < -0.4 is 4.74 Å². The largest absolute Gasteiger partial charge is 0.496 e. The van der Waals surface area contributed by atoms with Crippen LogP contribution in [0.1, 0.15) is 48.3 Å². The number of methoxy groups -OCH3 is 1. The Labute approximate surface area is 97.8 Å². The minimum Gasteiger partial charge on any atom is -0.496 e. The second kappa shape index (κ2) is 3.80. The Hall–Kier alpha value is -0.980. The lowest BCUT2D eigenvalue weighted by atomic mass is 9.79. The lowest BCUT2D eigenvalue weighted by molar-refractivity contribution is 0.409. The molecular formula is C15H20O. The van der Waals surface area contributed by atoms with E-state index in [1.165, 1.54) is 37.7 Å². The van der Waals surface area contributed by atoms with Gasteiger partial charge in [0, 0.05) is 0 Å². The Bertz CT molecular complexity index is 404. The maximum Gasteiger partial charge on any atom is 0.122 e. The predicted octanol–water partition coefficient (Wildman–Crippen LogP) is 3.83. The van der Waals surface area contributed by atoms with E-state index in [2.05, 4.69) is 19.1 Å². The first-order chi connectivity index (χ1) is 7.79. The standard InChI is InChI=1S/C15H20O/c1-10-8-14-12(9-15(10)16-2)4-3-5-13(14)11-6-7-11/h8-9,11,13H,3-7H2,1-2H3/t13-/m1/s1. The van der Waals surface area contributed by atoms with E-state index in [9.17, 15) is 0 Å². The van der Waals surface area contributed by atoms with E-state index in [1.807, 2.05) is 0 Å². The fourth-order valence-corrected chi connectivity index (χ4v) is 3.19. The van der Waals surface area contributed by atoms with Gasteiger partial charge in [-0.1, -0.05) is 6.07 Å². The average Bonchev–Trinajstić information content (AvgIpc) is 3.11. The molecule has 0 aromatic heterocycles. The molecule has 0 aliphatic heterocycles. The number of benzene rings is 1. The number of rotatable bonds is 2. The summed E-state index contributed by atoms with van der Waals surface area (Å²) in [6, 6.07) is 4.66. The second-order valence-electron chi connectivity index (χ2n) is 5.36. The van der Waals surface area contributed by atoms with Crippen molar-refractivity contribution in [1.82, 2.24) is 0 Å². The minimum absolute atomic E-state index is 0.855. The van der Waals surface area contributed by atoms with Crippen molar-refractivity contribution in [3.8, 4) is 5.75 Å². The van der Waals surface area contributed by atoms with Crippen LogP contribution in [0.5, 0.6) is 5.75 Å². The summed E-state index contributed by atoms with van der Waals surface area (Å²) < 4.78 is 5.42. The van der Waals surface area contributed by atoms with E-state index < -0.39 is 0 Å². The van der Waals surface area contributed by atoms with Gasteiger partial charge in [0.15, 0.2) is 0 Å². The summed E-state index contributed by atoms with van der Waals surface area (Å²) in [6.45, 7) is 2.16. The quantitative estimate of drug-likeness (QED) is 0.730. The van der Waals surface area contributed by atoms with E-state index in [0.717, 1.165) is 17.6 Å². The molecule has 0 unspecified atom stereocenters. The number of hydrogen-bond acceptors (Lipinski definition) is 1. The molecular weight excluding hydrogens is 196 g/mol. The molecule has 2 aliphatic carbocycles. The molecule has 3 rings (SSSR count). The number of aryl methyl sites for hydroxylation is 2. The summed E-state index contributed by atoms with van der Waals surface area (Å²) in [7, 11) is 1.77. The van der Waals surface area contributed by atoms with Gasteiger partial charge < -0.3 is 4.74 Å². The van der Waals surface area contributed by atoms with Gasteiger partial charge in [0.2, 0.25) is 0 Å². The summed E-state index contributed by atoms with van der Waals surface area (Å²) in [5, 5.41) is 0. The fourth-order valence-electron chi connectivity index (χ4n) is 3.19. The number of ether oxygens (including phenoxy) is 1. The highest BCUT2D eigenvalue weighted by atomic mass is 16.5. The Morgan fingerprint density at radius 3 is 2.69 bits per heavy atom. The third-order valence-electron chi connectivity index (χ3n) is 4.21. The molecule has 1 heteroatoms. The molecule has 1 aromatic carbocycles. The maximum absolute atomic E-state index is 5.42. The lowest BCUT2D eigenvalue weighted by Crippen LogP contribution is -2.12. The third kappa shape index (κ3) is 1.63.